The number of hydroxylamine groups is 2. The van der Waals surface area contributed by atoms with Crippen molar-refractivity contribution in [1.29, 1.82) is 0 Å². The first-order valence-corrected chi connectivity index (χ1v) is 38.8. The van der Waals surface area contributed by atoms with E-state index in [0.717, 1.165) is 72.6 Å². The highest BCUT2D eigenvalue weighted by Crippen LogP contribution is 2.48. The summed E-state index contributed by atoms with van der Waals surface area (Å²) in [6.07, 6.45) is 17.0. The van der Waals surface area contributed by atoms with Crippen LogP contribution in [0.3, 0.4) is 0 Å². The van der Waals surface area contributed by atoms with Crippen LogP contribution in [-0.2, 0) is 57.8 Å². The Hall–Kier alpha value is -11.3. The van der Waals surface area contributed by atoms with Crippen LogP contribution in [0.2, 0.25) is 0 Å². The number of rotatable bonds is 23. The van der Waals surface area contributed by atoms with E-state index >= 15 is 0 Å². The summed E-state index contributed by atoms with van der Waals surface area (Å²) >= 11 is 0. The predicted octanol–water partition coefficient (Wildman–Crippen LogP) is 16.8. The Balaban J connectivity index is 0.000000217. The minimum atomic E-state index is -4.30. The van der Waals surface area contributed by atoms with Crippen molar-refractivity contribution < 1.29 is 57.2 Å². The Labute approximate surface area is 650 Å². The topological polar surface area (TPSA) is 242 Å². The van der Waals surface area contributed by atoms with E-state index < -0.39 is 10.1 Å². The summed E-state index contributed by atoms with van der Waals surface area (Å²) in [7, 11) is -2.14. The zero-order valence-corrected chi connectivity index (χ0v) is 66.4. The molecule has 4 amide bonds. The highest BCUT2D eigenvalue weighted by molar-refractivity contribution is 7.86. The maximum Gasteiger partial charge on any atom is 0.295 e. The van der Waals surface area contributed by atoms with Gasteiger partial charge in [-0.25, -0.2) is 0 Å². The second-order valence-corrected chi connectivity index (χ2v) is 30.0. The number of hydrogen-bond acceptors (Lipinski definition) is 10. The van der Waals surface area contributed by atoms with E-state index in [9.17, 15) is 32.1 Å². The van der Waals surface area contributed by atoms with Crippen molar-refractivity contribution in [2.75, 3.05) is 50.0 Å². The number of quaternary nitrogens is 1. The first kappa shape index (κ1) is 85.9. The van der Waals surface area contributed by atoms with Gasteiger partial charge in [-0.2, -0.15) is 13.0 Å². The van der Waals surface area contributed by atoms with Crippen LogP contribution in [-0.4, -0.2) is 103 Å². The van der Waals surface area contributed by atoms with Crippen LogP contribution < -0.4 is 26.6 Å². The molecular weight excluding hydrogens is 1400 g/mol. The molecule has 17 nitrogen and oxygen atoms in total. The van der Waals surface area contributed by atoms with Gasteiger partial charge in [-0.15, -0.1) is 5.06 Å². The van der Waals surface area contributed by atoms with E-state index in [1.807, 2.05) is 56.3 Å². The number of amides is 4. The number of carboxylic acid groups (broad SMARTS) is 1. The third-order valence-electron chi connectivity index (χ3n) is 19.2. The van der Waals surface area contributed by atoms with E-state index in [1.54, 1.807) is 36.4 Å². The molecule has 9 aromatic carbocycles. The molecule has 0 radical (unpaired) electrons. The summed E-state index contributed by atoms with van der Waals surface area (Å²) in [4.78, 5) is 63.1. The van der Waals surface area contributed by atoms with Gasteiger partial charge in [-0.1, -0.05) is 248 Å². The van der Waals surface area contributed by atoms with Crippen LogP contribution in [0.5, 0.6) is 0 Å². The molecule has 576 valence electrons. The number of nitrogens with zero attached hydrogens (tertiary/aromatic N) is 3. The highest BCUT2D eigenvalue weighted by atomic mass is 32.2. The molecule has 1 fully saturated rings. The molecule has 0 spiro atoms. The largest absolute Gasteiger partial charge is 0.483 e. The number of imide groups is 1. The molecule has 9 aromatic rings. The maximum absolute atomic E-state index is 12.4. The Morgan fingerprint density at radius 1 is 0.582 bits per heavy atom. The number of aryl methyl sites for hydroxylation is 6. The molecule has 0 atom stereocenters. The van der Waals surface area contributed by atoms with Gasteiger partial charge in [0.15, 0.2) is 11.5 Å². The molecule has 3 aliphatic heterocycles. The van der Waals surface area contributed by atoms with E-state index in [1.165, 1.54) is 73.4 Å². The molecule has 3 aliphatic rings. The molecule has 0 bridgehead atoms. The molecule has 0 saturated carbocycles. The van der Waals surface area contributed by atoms with Crippen LogP contribution in [0.4, 0.5) is 17.1 Å². The molecule has 3 heterocycles. The Kier molecular flexibility index (Phi) is 32.7. The van der Waals surface area contributed by atoms with Gasteiger partial charge in [0, 0.05) is 114 Å². The van der Waals surface area contributed by atoms with Crippen molar-refractivity contribution in [3.05, 3.63) is 316 Å². The average molecular weight is 1500 g/mol. The van der Waals surface area contributed by atoms with Crippen LogP contribution in [0, 0.1) is 41.5 Å². The van der Waals surface area contributed by atoms with Gasteiger partial charge in [0.2, 0.25) is 11.6 Å². The number of anilines is 2. The number of carbonyl (C=O) groups is 5. The van der Waals surface area contributed by atoms with Crippen LogP contribution in [0.15, 0.2) is 254 Å². The Morgan fingerprint density at radius 3 is 1.65 bits per heavy atom. The third-order valence-corrected chi connectivity index (χ3v) is 20.1. The van der Waals surface area contributed by atoms with Gasteiger partial charge < -0.3 is 36.5 Å². The zero-order chi connectivity index (χ0) is 80.0. The summed E-state index contributed by atoms with van der Waals surface area (Å²) in [5.41, 5.74) is 23.8. The standard InChI is InChI=1S/C41H49N3O.C20H20N2O4S.C13H13NO3.C9H13N.C8H10.CH2O2/c1-31-24-26-32(27-25-31)28-29-42-39(45)23-11-8-16-30-44-36-20-15-13-18-34(36)41(4,5)38(44)22-10-7-9-21-37-40(2,3)33-17-12-14-19-35(33)43(37)6;1-14-8-10-15(11-9-14)20(23)22-13-12-21-18-6-2-5-17-16(18)4-3-7-19(17)27(24,25)26;1-9-3-5-11(6-4-9)10(2)17-14-12(15)7-8-13(14)16;1-8-2-4-9(5-3-8)6-7-10;1-7-3-5-8(2)6-4-7;2-1-3/h7,9-10,12-15,17-22,24-27H,8,11,16,23,28-30H2,1-6H3;2-11,21H,12-13H2,1H3,(H,22,23)(H,24,25,26);3-6H,2,7-8H2,1H3;2-5H,6-7,10H2,1H3;3-6H,1-2H3;1H,(H,2,3)/p+2. The van der Waals surface area contributed by atoms with E-state index in [2.05, 4.69) is 252 Å². The second kappa shape index (κ2) is 41.9. The summed E-state index contributed by atoms with van der Waals surface area (Å²) in [6.45, 7) is 28.5. The SMILES string of the molecule is C=C(ON1C(=O)CCC1=O)c1ccc(C)cc1.Cc1ccc(C(=O)NCCNc2cccc3c(S(=O)(=O)O)cccc23)cc1.Cc1ccc(C)cc1.Cc1ccc(CCNC(=O)CCCCCN2/C(=C/C=C/C=C/C3=[N+](C)c4ccccc4C3(C)C)C(C)(C)c3ccccc32)cc1.Cc1ccc(CC[NH3+])cc1.O=CO. The van der Waals surface area contributed by atoms with Crippen molar-refractivity contribution in [2.24, 2.45) is 0 Å². The first-order chi connectivity index (χ1) is 52.6. The van der Waals surface area contributed by atoms with Gasteiger partial charge in [-0.05, 0) is 128 Å². The molecule has 8 N–H and O–H groups in total. The van der Waals surface area contributed by atoms with Crippen LogP contribution >= 0.6 is 0 Å². The van der Waals surface area contributed by atoms with Gasteiger partial charge in [0.05, 0.1) is 12.0 Å². The maximum atomic E-state index is 12.4. The number of unbranched alkanes of at least 4 members (excludes halogenated alkanes) is 2. The quantitative estimate of drug-likeness (QED) is 0.00666. The van der Waals surface area contributed by atoms with Crippen molar-refractivity contribution in [2.45, 2.75) is 136 Å². The predicted molar refractivity (Wildman–Crippen MR) is 445 cm³/mol. The fourth-order valence-corrected chi connectivity index (χ4v) is 13.7. The van der Waals surface area contributed by atoms with Gasteiger partial charge >= 0.3 is 0 Å². The summed E-state index contributed by atoms with van der Waals surface area (Å²) in [5.74, 6) is -0.328. The smallest absolute Gasteiger partial charge is 0.295 e. The van der Waals surface area contributed by atoms with Gasteiger partial charge in [0.1, 0.15) is 11.9 Å². The van der Waals surface area contributed by atoms with Crippen molar-refractivity contribution in [3.8, 4) is 0 Å². The van der Waals surface area contributed by atoms with Crippen molar-refractivity contribution in [3.63, 3.8) is 0 Å². The summed E-state index contributed by atoms with van der Waals surface area (Å²) in [5, 5.41) is 17.9. The molecule has 0 aliphatic carbocycles. The minimum Gasteiger partial charge on any atom is -0.483 e. The summed E-state index contributed by atoms with van der Waals surface area (Å²) in [6, 6.07) is 67.8. The number of fused-ring (bicyclic) bond motifs is 3. The highest BCUT2D eigenvalue weighted by Gasteiger charge is 2.43. The number of carbonyl (C=O) groups excluding carboxylic acids is 4. The normalized spacial score (nSPS) is 14.0. The van der Waals surface area contributed by atoms with Crippen molar-refractivity contribution in [1.82, 2.24) is 15.7 Å². The Morgan fingerprint density at radius 2 is 1.09 bits per heavy atom. The molecule has 1 saturated heterocycles. The van der Waals surface area contributed by atoms with Crippen molar-refractivity contribution >= 4 is 79.5 Å². The number of para-hydroxylation sites is 2. The first-order valence-electron chi connectivity index (χ1n) is 37.4. The fraction of sp³-hybridized carbons (Fsp3) is 0.283. The molecule has 110 heavy (non-hydrogen) atoms. The number of allylic oxidation sites excluding steroid dienone is 6. The van der Waals surface area contributed by atoms with Gasteiger partial charge in [-0.3, -0.25) is 28.5 Å². The lowest BCUT2D eigenvalue weighted by molar-refractivity contribution is -0.401. The zero-order valence-electron chi connectivity index (χ0n) is 65.6. The number of hydrogen-bond donors (Lipinski definition) is 6. The fourth-order valence-electron chi connectivity index (χ4n) is 13.0. The lowest BCUT2D eigenvalue weighted by Gasteiger charge is -2.27. The van der Waals surface area contributed by atoms with E-state index in [4.69, 9.17) is 14.7 Å². The van der Waals surface area contributed by atoms with E-state index in [-0.39, 0.29) is 58.7 Å². The molecule has 0 unspecified atom stereocenters. The molecule has 12 rings (SSSR count). The van der Waals surface area contributed by atoms with Crippen LogP contribution in [0.25, 0.3) is 16.5 Å². The van der Waals surface area contributed by atoms with Gasteiger partial charge in [0.25, 0.3) is 34.3 Å². The second-order valence-electron chi connectivity index (χ2n) is 28.6. The Bertz CT molecular complexity index is 4800. The summed E-state index contributed by atoms with van der Waals surface area (Å²) < 4.78 is 34.8. The van der Waals surface area contributed by atoms with Crippen LogP contribution in [0.1, 0.15) is 138 Å². The lowest BCUT2D eigenvalue weighted by atomic mass is 9.81. The third kappa shape index (κ3) is 25.1. The van der Waals surface area contributed by atoms with E-state index in [0.29, 0.717) is 48.2 Å². The monoisotopic (exact) mass is 1500 g/mol. The average Bonchev–Trinajstić information content (AvgIpc) is 1.59. The molecule has 0 aromatic heterocycles. The molecular formula is C92H109N7O10S+2. The number of benzene rings is 9. The molecule has 18 heteroatoms. The number of nitrogens with one attached hydrogen (secondary N) is 3. The minimum absolute atomic E-state index is 0.0257. The lowest BCUT2D eigenvalue weighted by Crippen LogP contribution is -2.51.